The summed E-state index contributed by atoms with van der Waals surface area (Å²) in [7, 11) is 0. The summed E-state index contributed by atoms with van der Waals surface area (Å²) in [6.45, 7) is 1.76. The van der Waals surface area contributed by atoms with Crippen LogP contribution in [0, 0.1) is 6.92 Å². The van der Waals surface area contributed by atoms with Crippen molar-refractivity contribution in [2.24, 2.45) is 0 Å². The number of hydrogen-bond donors (Lipinski definition) is 1. The van der Waals surface area contributed by atoms with Crippen molar-refractivity contribution in [3.05, 3.63) is 45.6 Å². The highest BCUT2D eigenvalue weighted by Crippen LogP contribution is 2.24. The molecule has 0 aliphatic rings. The maximum atomic E-state index is 11.7. The molecular weight excluding hydrogens is 319 g/mol. The van der Waals surface area contributed by atoms with Crippen molar-refractivity contribution in [1.29, 1.82) is 0 Å². The van der Waals surface area contributed by atoms with Crippen LogP contribution in [0.2, 0.25) is 10.0 Å². The number of amides is 1. The van der Waals surface area contributed by atoms with Crippen molar-refractivity contribution in [1.82, 2.24) is 5.16 Å². The molecule has 0 bridgehead atoms. The number of hydrogen-bond acceptors (Lipinski definition) is 4. The molecule has 7 heteroatoms. The van der Waals surface area contributed by atoms with E-state index in [4.69, 9.17) is 27.7 Å². The number of rotatable bonds is 5. The summed E-state index contributed by atoms with van der Waals surface area (Å²) in [5, 5.41) is 7.56. The highest BCUT2D eigenvalue weighted by molar-refractivity contribution is 7.99. The van der Waals surface area contributed by atoms with Gasteiger partial charge in [0, 0.05) is 21.9 Å². The van der Waals surface area contributed by atoms with Crippen molar-refractivity contribution >= 4 is 46.7 Å². The maximum Gasteiger partial charge on any atom is 0.235 e. The fraction of sp³-hybridized carbons (Fsp3) is 0.231. The number of halogens is 2. The number of anilines is 1. The summed E-state index contributed by atoms with van der Waals surface area (Å²) in [5.41, 5.74) is 0.950. The van der Waals surface area contributed by atoms with E-state index in [1.807, 2.05) is 6.07 Å². The SMILES string of the molecule is Cc1cc(NC(=O)CSCc2ccc(Cl)cc2Cl)no1. The first-order valence-electron chi connectivity index (χ1n) is 5.79. The molecule has 1 amide bonds. The summed E-state index contributed by atoms with van der Waals surface area (Å²) in [5.74, 6) is 1.90. The second-order valence-corrected chi connectivity index (χ2v) is 5.93. The van der Waals surface area contributed by atoms with E-state index < -0.39 is 0 Å². The number of aryl methyl sites for hydroxylation is 1. The van der Waals surface area contributed by atoms with Gasteiger partial charge in [-0.3, -0.25) is 4.79 Å². The van der Waals surface area contributed by atoms with Crippen LogP contribution in [-0.2, 0) is 10.5 Å². The van der Waals surface area contributed by atoms with Gasteiger partial charge < -0.3 is 9.84 Å². The molecule has 2 rings (SSSR count). The van der Waals surface area contributed by atoms with E-state index in [1.54, 1.807) is 25.1 Å². The van der Waals surface area contributed by atoms with Crippen LogP contribution < -0.4 is 5.32 Å². The van der Waals surface area contributed by atoms with Crippen LogP contribution in [0.4, 0.5) is 5.82 Å². The standard InChI is InChI=1S/C13H12Cl2N2O2S/c1-8-4-12(17-19-8)16-13(18)7-20-6-9-2-3-10(14)5-11(9)15/h2-5H,6-7H2,1H3,(H,16,17,18). The molecule has 0 fully saturated rings. The Morgan fingerprint density at radius 3 is 2.85 bits per heavy atom. The number of nitrogens with one attached hydrogen (secondary N) is 1. The summed E-state index contributed by atoms with van der Waals surface area (Å²) < 4.78 is 4.86. The number of carbonyl (C=O) groups is 1. The Morgan fingerprint density at radius 2 is 2.20 bits per heavy atom. The topological polar surface area (TPSA) is 55.1 Å². The van der Waals surface area contributed by atoms with Crippen molar-refractivity contribution in [2.75, 3.05) is 11.1 Å². The molecular formula is C13H12Cl2N2O2S. The molecule has 20 heavy (non-hydrogen) atoms. The lowest BCUT2D eigenvalue weighted by Crippen LogP contribution is -2.14. The molecule has 1 aromatic heterocycles. The van der Waals surface area contributed by atoms with Gasteiger partial charge in [0.2, 0.25) is 5.91 Å². The number of nitrogens with zero attached hydrogens (tertiary/aromatic N) is 1. The van der Waals surface area contributed by atoms with Gasteiger partial charge in [0.05, 0.1) is 5.75 Å². The molecule has 0 saturated carbocycles. The third-order valence-electron chi connectivity index (χ3n) is 2.40. The van der Waals surface area contributed by atoms with Crippen LogP contribution in [0.15, 0.2) is 28.8 Å². The minimum atomic E-state index is -0.131. The van der Waals surface area contributed by atoms with Crippen LogP contribution >= 0.6 is 35.0 Å². The van der Waals surface area contributed by atoms with Crippen molar-refractivity contribution in [3.63, 3.8) is 0 Å². The maximum absolute atomic E-state index is 11.7. The molecule has 0 aliphatic heterocycles. The van der Waals surface area contributed by atoms with E-state index in [2.05, 4.69) is 10.5 Å². The number of benzene rings is 1. The van der Waals surface area contributed by atoms with Gasteiger partial charge >= 0.3 is 0 Å². The van der Waals surface area contributed by atoms with E-state index in [-0.39, 0.29) is 5.91 Å². The lowest BCUT2D eigenvalue weighted by atomic mass is 10.2. The van der Waals surface area contributed by atoms with Gasteiger partial charge in [0.15, 0.2) is 5.82 Å². The number of thioether (sulfide) groups is 1. The number of aromatic nitrogens is 1. The van der Waals surface area contributed by atoms with E-state index in [9.17, 15) is 4.79 Å². The van der Waals surface area contributed by atoms with Crippen molar-refractivity contribution < 1.29 is 9.32 Å². The predicted molar refractivity (Wildman–Crippen MR) is 82.5 cm³/mol. The van der Waals surface area contributed by atoms with Crippen molar-refractivity contribution in [3.8, 4) is 0 Å². The zero-order valence-electron chi connectivity index (χ0n) is 10.7. The fourth-order valence-corrected chi connectivity index (χ4v) is 2.88. The van der Waals surface area contributed by atoms with E-state index in [0.29, 0.717) is 33.1 Å². The molecule has 0 atom stereocenters. The summed E-state index contributed by atoms with van der Waals surface area (Å²) >= 11 is 13.3. The molecule has 106 valence electrons. The second kappa shape index (κ2) is 7.02. The van der Waals surface area contributed by atoms with Gasteiger partial charge in [-0.25, -0.2) is 0 Å². The Morgan fingerprint density at radius 1 is 1.40 bits per heavy atom. The molecule has 0 saturated heterocycles. The summed E-state index contributed by atoms with van der Waals surface area (Å²) in [6, 6.07) is 6.99. The molecule has 2 aromatic rings. The molecule has 1 N–H and O–H groups in total. The average Bonchev–Trinajstić information content (AvgIpc) is 2.77. The minimum absolute atomic E-state index is 0.131. The van der Waals surface area contributed by atoms with Crippen LogP contribution in [-0.4, -0.2) is 16.8 Å². The molecule has 4 nitrogen and oxygen atoms in total. The number of carbonyl (C=O) groups excluding carboxylic acids is 1. The Bertz CT molecular complexity index is 616. The average molecular weight is 331 g/mol. The normalized spacial score (nSPS) is 10.6. The Balaban J connectivity index is 1.79. The fourth-order valence-electron chi connectivity index (χ4n) is 1.50. The minimum Gasteiger partial charge on any atom is -0.360 e. The second-order valence-electron chi connectivity index (χ2n) is 4.10. The highest BCUT2D eigenvalue weighted by Gasteiger charge is 2.07. The van der Waals surface area contributed by atoms with Crippen molar-refractivity contribution in [2.45, 2.75) is 12.7 Å². The van der Waals surface area contributed by atoms with E-state index in [0.717, 1.165) is 5.56 Å². The predicted octanol–water partition coefficient (Wildman–Crippen LogP) is 4.16. The third-order valence-corrected chi connectivity index (χ3v) is 3.97. The Hall–Kier alpha value is -1.17. The van der Waals surface area contributed by atoms with Gasteiger partial charge in [-0.2, -0.15) is 0 Å². The van der Waals surface area contributed by atoms with Crippen LogP contribution in [0.25, 0.3) is 0 Å². The van der Waals surface area contributed by atoms with Gasteiger partial charge in [-0.15, -0.1) is 11.8 Å². The van der Waals surface area contributed by atoms with Crippen LogP contribution in [0.3, 0.4) is 0 Å². The monoisotopic (exact) mass is 330 g/mol. The molecule has 0 unspecified atom stereocenters. The first-order valence-corrected chi connectivity index (χ1v) is 7.70. The zero-order valence-corrected chi connectivity index (χ0v) is 13.0. The molecule has 1 aromatic carbocycles. The molecule has 1 heterocycles. The van der Waals surface area contributed by atoms with Gasteiger partial charge in [0.25, 0.3) is 0 Å². The van der Waals surface area contributed by atoms with E-state index >= 15 is 0 Å². The summed E-state index contributed by atoms with van der Waals surface area (Å²) in [6.07, 6.45) is 0. The van der Waals surface area contributed by atoms with Gasteiger partial charge in [-0.1, -0.05) is 34.4 Å². The largest absolute Gasteiger partial charge is 0.360 e. The highest BCUT2D eigenvalue weighted by atomic mass is 35.5. The lowest BCUT2D eigenvalue weighted by molar-refractivity contribution is -0.113. The zero-order chi connectivity index (χ0) is 14.5. The molecule has 0 aliphatic carbocycles. The Kier molecular flexibility index (Phi) is 5.34. The smallest absolute Gasteiger partial charge is 0.235 e. The van der Waals surface area contributed by atoms with Crippen LogP contribution in [0.5, 0.6) is 0 Å². The van der Waals surface area contributed by atoms with Gasteiger partial charge in [0.1, 0.15) is 5.76 Å². The quantitative estimate of drug-likeness (QED) is 0.894. The lowest BCUT2D eigenvalue weighted by Gasteiger charge is -2.04. The molecule has 0 spiro atoms. The third kappa shape index (κ3) is 4.44. The van der Waals surface area contributed by atoms with Crippen LogP contribution in [0.1, 0.15) is 11.3 Å². The first kappa shape index (κ1) is 15.2. The molecule has 0 radical (unpaired) electrons. The first-order chi connectivity index (χ1) is 9.54. The van der Waals surface area contributed by atoms with Gasteiger partial charge in [-0.05, 0) is 24.6 Å². The van der Waals surface area contributed by atoms with E-state index in [1.165, 1.54) is 11.8 Å². The summed E-state index contributed by atoms with van der Waals surface area (Å²) in [4.78, 5) is 11.7. The Labute approximate surface area is 130 Å².